The van der Waals surface area contributed by atoms with Gasteiger partial charge in [-0.05, 0) is 59.4 Å². The quantitative estimate of drug-likeness (QED) is 0.693. The molecule has 1 fully saturated rings. The molecule has 1 N–H and O–H groups in total. The number of carbonyl (C=O) groups is 1. The van der Waals surface area contributed by atoms with Crippen molar-refractivity contribution in [1.82, 2.24) is 10.2 Å². The smallest absolute Gasteiger partial charge is 0.410 e. The first kappa shape index (κ1) is 17.3. The molecule has 1 aliphatic rings. The molecule has 0 bridgehead atoms. The van der Waals surface area contributed by atoms with E-state index in [-0.39, 0.29) is 6.09 Å². The summed E-state index contributed by atoms with van der Waals surface area (Å²) in [7, 11) is 0. The second-order valence-electron chi connectivity index (χ2n) is 6.73. The van der Waals surface area contributed by atoms with Crippen molar-refractivity contribution in [2.75, 3.05) is 13.1 Å². The molecule has 0 atom stereocenters. The average Bonchev–Trinajstić information content (AvgIpc) is 3.16. The first-order chi connectivity index (χ1) is 9.37. The van der Waals surface area contributed by atoms with E-state index in [9.17, 15) is 4.79 Å². The molecule has 1 rings (SSSR count). The molecule has 1 aliphatic carbocycles. The maximum absolute atomic E-state index is 12.2. The minimum absolute atomic E-state index is 0.150. The van der Waals surface area contributed by atoms with Crippen LogP contribution in [0.2, 0.25) is 0 Å². The summed E-state index contributed by atoms with van der Waals surface area (Å²) in [5.41, 5.74) is -0.405. The minimum atomic E-state index is -0.405. The van der Waals surface area contributed by atoms with Crippen LogP contribution in [0.25, 0.3) is 0 Å². The third kappa shape index (κ3) is 6.60. The van der Waals surface area contributed by atoms with Crippen LogP contribution in [-0.2, 0) is 4.74 Å². The highest BCUT2D eigenvalue weighted by molar-refractivity contribution is 5.69. The van der Waals surface area contributed by atoms with Gasteiger partial charge < -0.3 is 15.0 Å². The van der Waals surface area contributed by atoms with E-state index in [1.54, 1.807) is 0 Å². The lowest BCUT2D eigenvalue weighted by Crippen LogP contribution is -2.40. The van der Waals surface area contributed by atoms with Gasteiger partial charge in [-0.15, -0.1) is 0 Å². The van der Waals surface area contributed by atoms with Gasteiger partial charge >= 0.3 is 6.09 Å². The molecule has 0 aliphatic heterocycles. The number of amides is 1. The van der Waals surface area contributed by atoms with Crippen LogP contribution in [0.3, 0.4) is 0 Å². The SMILES string of the molecule is CCC(CC)NCCCN(C(=O)OC(C)(C)C)C1CC1. The second kappa shape index (κ2) is 7.87. The fourth-order valence-corrected chi connectivity index (χ4v) is 2.26. The number of carbonyl (C=O) groups excluding carboxylic acids is 1. The maximum Gasteiger partial charge on any atom is 0.410 e. The van der Waals surface area contributed by atoms with E-state index in [1.807, 2.05) is 25.7 Å². The summed E-state index contributed by atoms with van der Waals surface area (Å²) in [6, 6.07) is 1.02. The van der Waals surface area contributed by atoms with Crippen molar-refractivity contribution < 1.29 is 9.53 Å². The third-order valence-electron chi connectivity index (χ3n) is 3.61. The van der Waals surface area contributed by atoms with Gasteiger partial charge in [0.1, 0.15) is 5.60 Å². The highest BCUT2D eigenvalue weighted by Gasteiger charge is 2.34. The summed E-state index contributed by atoms with van der Waals surface area (Å²) < 4.78 is 5.49. The number of nitrogens with one attached hydrogen (secondary N) is 1. The zero-order valence-electron chi connectivity index (χ0n) is 13.9. The molecular weight excluding hydrogens is 252 g/mol. The Morgan fingerprint density at radius 3 is 2.35 bits per heavy atom. The zero-order chi connectivity index (χ0) is 15.2. The monoisotopic (exact) mass is 284 g/mol. The predicted molar refractivity (Wildman–Crippen MR) is 83.0 cm³/mol. The van der Waals surface area contributed by atoms with Crippen molar-refractivity contribution in [1.29, 1.82) is 0 Å². The van der Waals surface area contributed by atoms with Gasteiger partial charge in [-0.2, -0.15) is 0 Å². The van der Waals surface area contributed by atoms with Crippen molar-refractivity contribution in [3.05, 3.63) is 0 Å². The van der Waals surface area contributed by atoms with Crippen molar-refractivity contribution in [2.45, 2.75) is 84.4 Å². The number of ether oxygens (including phenoxy) is 1. The highest BCUT2D eigenvalue weighted by atomic mass is 16.6. The summed E-state index contributed by atoms with van der Waals surface area (Å²) in [5, 5.41) is 3.54. The van der Waals surface area contributed by atoms with Crippen LogP contribution in [0.4, 0.5) is 4.79 Å². The molecular formula is C16H32N2O2. The molecule has 0 aromatic carbocycles. The van der Waals surface area contributed by atoms with Gasteiger partial charge in [0.05, 0.1) is 0 Å². The van der Waals surface area contributed by atoms with Crippen molar-refractivity contribution in [3.63, 3.8) is 0 Å². The Bertz CT molecular complexity index is 291. The Morgan fingerprint density at radius 1 is 1.30 bits per heavy atom. The van der Waals surface area contributed by atoms with Crippen LogP contribution in [-0.4, -0.2) is 41.8 Å². The highest BCUT2D eigenvalue weighted by Crippen LogP contribution is 2.28. The van der Waals surface area contributed by atoms with E-state index in [1.165, 1.54) is 0 Å². The van der Waals surface area contributed by atoms with Gasteiger partial charge in [0, 0.05) is 18.6 Å². The van der Waals surface area contributed by atoms with Gasteiger partial charge in [0.15, 0.2) is 0 Å². The first-order valence-corrected chi connectivity index (χ1v) is 8.10. The number of rotatable bonds is 8. The molecule has 0 unspecified atom stereocenters. The number of nitrogens with zero attached hydrogens (tertiary/aromatic N) is 1. The Hall–Kier alpha value is -0.770. The van der Waals surface area contributed by atoms with Crippen molar-refractivity contribution in [3.8, 4) is 0 Å². The molecule has 4 nitrogen and oxygen atoms in total. The second-order valence-corrected chi connectivity index (χ2v) is 6.73. The molecule has 1 amide bonds. The predicted octanol–water partition coefficient (Wildman–Crippen LogP) is 3.55. The van der Waals surface area contributed by atoms with Crippen LogP contribution >= 0.6 is 0 Å². The number of hydrogen-bond donors (Lipinski definition) is 1. The molecule has 0 radical (unpaired) electrons. The van der Waals surface area contributed by atoms with E-state index in [0.29, 0.717) is 12.1 Å². The van der Waals surface area contributed by atoms with Crippen LogP contribution in [0.5, 0.6) is 0 Å². The Kier molecular flexibility index (Phi) is 6.80. The lowest BCUT2D eigenvalue weighted by molar-refractivity contribution is 0.0231. The normalized spacial score (nSPS) is 15.5. The van der Waals surface area contributed by atoms with Crippen LogP contribution in [0, 0.1) is 0 Å². The molecule has 20 heavy (non-hydrogen) atoms. The molecule has 0 aromatic heterocycles. The maximum atomic E-state index is 12.2. The minimum Gasteiger partial charge on any atom is -0.444 e. The van der Waals surface area contributed by atoms with Crippen LogP contribution in [0.15, 0.2) is 0 Å². The van der Waals surface area contributed by atoms with E-state index in [4.69, 9.17) is 4.74 Å². The van der Waals surface area contributed by atoms with Crippen LogP contribution < -0.4 is 5.32 Å². The summed E-state index contributed by atoms with van der Waals surface area (Å²) in [6.45, 7) is 11.9. The lowest BCUT2D eigenvalue weighted by atomic mass is 10.2. The average molecular weight is 284 g/mol. The van der Waals surface area contributed by atoms with Crippen LogP contribution in [0.1, 0.15) is 66.7 Å². The summed E-state index contributed by atoms with van der Waals surface area (Å²) in [4.78, 5) is 14.1. The Balaban J connectivity index is 2.31. The number of hydrogen-bond acceptors (Lipinski definition) is 3. The molecule has 0 aromatic rings. The van der Waals surface area contributed by atoms with Crippen molar-refractivity contribution >= 4 is 6.09 Å². The summed E-state index contributed by atoms with van der Waals surface area (Å²) in [6.07, 6.45) is 5.41. The van der Waals surface area contributed by atoms with Crippen molar-refractivity contribution in [2.24, 2.45) is 0 Å². The van der Waals surface area contributed by atoms with Gasteiger partial charge in [0.25, 0.3) is 0 Å². The molecule has 4 heteroatoms. The fraction of sp³-hybridized carbons (Fsp3) is 0.938. The summed E-state index contributed by atoms with van der Waals surface area (Å²) in [5.74, 6) is 0. The molecule has 1 saturated carbocycles. The topological polar surface area (TPSA) is 41.6 Å². The van der Waals surface area contributed by atoms with E-state index >= 15 is 0 Å². The molecule has 0 heterocycles. The lowest BCUT2D eigenvalue weighted by Gasteiger charge is -2.27. The van der Waals surface area contributed by atoms with E-state index in [0.717, 1.165) is 45.2 Å². The zero-order valence-corrected chi connectivity index (χ0v) is 13.9. The van der Waals surface area contributed by atoms with E-state index in [2.05, 4.69) is 19.2 Å². The Morgan fingerprint density at radius 2 is 1.90 bits per heavy atom. The molecule has 118 valence electrons. The molecule has 0 spiro atoms. The van der Waals surface area contributed by atoms with Gasteiger partial charge in [-0.3, -0.25) is 0 Å². The Labute approximate surface area is 124 Å². The summed E-state index contributed by atoms with van der Waals surface area (Å²) >= 11 is 0. The molecule has 0 saturated heterocycles. The van der Waals surface area contributed by atoms with E-state index < -0.39 is 5.60 Å². The largest absolute Gasteiger partial charge is 0.444 e. The van der Waals surface area contributed by atoms with Gasteiger partial charge in [0.2, 0.25) is 0 Å². The first-order valence-electron chi connectivity index (χ1n) is 8.10. The standard InChI is InChI=1S/C16H32N2O2/c1-6-13(7-2)17-11-8-12-18(14-9-10-14)15(19)20-16(3,4)5/h13-14,17H,6-12H2,1-5H3. The third-order valence-corrected chi connectivity index (χ3v) is 3.61. The fourth-order valence-electron chi connectivity index (χ4n) is 2.26. The van der Waals surface area contributed by atoms with Gasteiger partial charge in [-0.25, -0.2) is 4.79 Å². The van der Waals surface area contributed by atoms with Gasteiger partial charge in [-0.1, -0.05) is 13.8 Å².